The van der Waals surface area contributed by atoms with Crippen LogP contribution in [0.15, 0.2) is 78.9 Å². The number of carbonyl (C=O) groups is 4. The Morgan fingerprint density at radius 1 is 0.725 bits per heavy atom. The Morgan fingerprint density at radius 2 is 1.32 bits per heavy atom. The molecular formula is C34H31NO5. The van der Waals surface area contributed by atoms with Gasteiger partial charge in [-0.15, -0.1) is 0 Å². The van der Waals surface area contributed by atoms with E-state index in [4.69, 9.17) is 0 Å². The predicted octanol–water partition coefficient (Wildman–Crippen LogP) is 6.82. The van der Waals surface area contributed by atoms with Gasteiger partial charge >= 0.3 is 0 Å². The van der Waals surface area contributed by atoms with Crippen molar-refractivity contribution in [2.24, 2.45) is 5.92 Å². The van der Waals surface area contributed by atoms with E-state index in [2.05, 4.69) is 13.8 Å². The molecule has 5 rings (SSSR count). The van der Waals surface area contributed by atoms with Crippen molar-refractivity contribution < 1.29 is 24.3 Å². The summed E-state index contributed by atoms with van der Waals surface area (Å²) in [7, 11) is 0. The number of hydrogen-bond acceptors (Lipinski definition) is 5. The first-order chi connectivity index (χ1) is 19.4. The topological polar surface area (TPSA) is 91.8 Å². The van der Waals surface area contributed by atoms with E-state index in [0.717, 1.165) is 25.7 Å². The maximum Gasteiger partial charge on any atom is 0.261 e. The first-order valence-electron chi connectivity index (χ1n) is 13.8. The molecule has 6 nitrogen and oxygen atoms in total. The van der Waals surface area contributed by atoms with Crippen LogP contribution in [-0.4, -0.2) is 39.9 Å². The molecule has 4 aromatic carbocycles. The highest BCUT2D eigenvalue weighted by molar-refractivity contribution is 6.32. The molecular weight excluding hydrogens is 502 g/mol. The summed E-state index contributed by atoms with van der Waals surface area (Å²) in [6, 6.07) is 21.1. The highest BCUT2D eigenvalue weighted by Crippen LogP contribution is 2.37. The van der Waals surface area contributed by atoms with Crippen molar-refractivity contribution in [3.63, 3.8) is 0 Å². The van der Waals surface area contributed by atoms with Gasteiger partial charge in [-0.2, -0.15) is 0 Å². The Labute approximate surface area is 233 Å². The molecule has 0 saturated heterocycles. The van der Waals surface area contributed by atoms with Gasteiger partial charge in [0.25, 0.3) is 11.8 Å². The third-order valence-corrected chi connectivity index (χ3v) is 7.77. The Kier molecular flexibility index (Phi) is 7.60. The van der Waals surface area contributed by atoms with Crippen LogP contribution in [0.1, 0.15) is 92.1 Å². The lowest BCUT2D eigenvalue weighted by molar-refractivity contribution is 0.0579. The van der Waals surface area contributed by atoms with Crippen molar-refractivity contribution in [3.8, 4) is 5.75 Å². The van der Waals surface area contributed by atoms with Gasteiger partial charge in [-0.05, 0) is 48.7 Å². The lowest BCUT2D eigenvalue weighted by atomic mass is 9.84. The van der Waals surface area contributed by atoms with Crippen LogP contribution in [0.4, 0.5) is 0 Å². The fourth-order valence-corrected chi connectivity index (χ4v) is 5.51. The first-order valence-corrected chi connectivity index (χ1v) is 13.8. The summed E-state index contributed by atoms with van der Waals surface area (Å²) in [4.78, 5) is 56.4. The summed E-state index contributed by atoms with van der Waals surface area (Å²) < 4.78 is 0. The molecule has 1 aliphatic rings. The Balaban J connectivity index is 1.72. The number of amides is 2. The van der Waals surface area contributed by atoms with Gasteiger partial charge in [0.1, 0.15) is 5.75 Å². The van der Waals surface area contributed by atoms with Crippen molar-refractivity contribution in [2.45, 2.75) is 39.5 Å². The number of phenols is 1. The van der Waals surface area contributed by atoms with Crippen LogP contribution in [0.2, 0.25) is 0 Å². The van der Waals surface area contributed by atoms with E-state index in [0.29, 0.717) is 17.5 Å². The standard InChI is InChI=1S/C34H31NO5/c1-3-5-11-21(4-2)20-35-33(39)26-18-16-24(31(37)22-12-7-6-8-13-22)29-25(17-19-27(30(26)29)34(35)40)32(38)23-14-9-10-15-28(23)36/h6-10,12-19,21,36H,3-5,11,20H2,1-2H3. The van der Waals surface area contributed by atoms with E-state index < -0.39 is 17.6 Å². The molecule has 1 unspecified atom stereocenters. The number of ketones is 2. The molecule has 0 spiro atoms. The Hall–Kier alpha value is -4.58. The number of unbranched alkanes of at least 4 members (excludes halogenated alkanes) is 1. The first kappa shape index (κ1) is 27.0. The van der Waals surface area contributed by atoms with Gasteiger partial charge in [0.15, 0.2) is 11.6 Å². The highest BCUT2D eigenvalue weighted by Gasteiger charge is 2.36. The summed E-state index contributed by atoms with van der Waals surface area (Å²) >= 11 is 0. The van der Waals surface area contributed by atoms with Gasteiger partial charge in [-0.3, -0.25) is 24.1 Å². The molecule has 0 aliphatic carbocycles. The second kappa shape index (κ2) is 11.3. The van der Waals surface area contributed by atoms with Crippen LogP contribution in [0.5, 0.6) is 5.75 Å². The smallest absolute Gasteiger partial charge is 0.261 e. The second-order valence-electron chi connectivity index (χ2n) is 10.3. The number of aromatic hydroxyl groups is 1. The third-order valence-electron chi connectivity index (χ3n) is 7.77. The molecule has 0 aromatic heterocycles. The SMILES string of the molecule is CCCCC(CC)CN1C(=O)c2ccc(C(=O)c3ccccc3)c3c(C(=O)c4ccccc4O)ccc(c23)C1=O. The lowest BCUT2D eigenvalue weighted by Gasteiger charge is -2.31. The largest absolute Gasteiger partial charge is 0.507 e. The fourth-order valence-electron chi connectivity index (χ4n) is 5.51. The molecule has 1 N–H and O–H groups in total. The number of hydrogen-bond donors (Lipinski definition) is 1. The van der Waals surface area contributed by atoms with Crippen LogP contribution >= 0.6 is 0 Å². The van der Waals surface area contributed by atoms with Crippen LogP contribution in [0.25, 0.3) is 10.8 Å². The molecule has 6 heteroatoms. The Morgan fingerprint density at radius 3 is 1.93 bits per heavy atom. The van der Waals surface area contributed by atoms with Crippen molar-refractivity contribution in [1.82, 2.24) is 4.90 Å². The van der Waals surface area contributed by atoms with E-state index in [1.807, 2.05) is 0 Å². The minimum Gasteiger partial charge on any atom is -0.507 e. The quantitative estimate of drug-likeness (QED) is 0.178. The minimum atomic E-state index is -0.503. The molecule has 2 amide bonds. The van der Waals surface area contributed by atoms with Gasteiger partial charge in [-0.1, -0.05) is 75.6 Å². The Bertz CT molecular complexity index is 1620. The van der Waals surface area contributed by atoms with Gasteiger partial charge in [0.05, 0.1) is 5.56 Å². The molecule has 0 radical (unpaired) electrons. The maximum absolute atomic E-state index is 13.8. The van der Waals surface area contributed by atoms with E-state index in [-0.39, 0.29) is 50.7 Å². The number of nitrogens with zero attached hydrogens (tertiary/aromatic N) is 1. The number of phenolic OH excluding ortho intramolecular Hbond substituents is 1. The van der Waals surface area contributed by atoms with Crippen molar-refractivity contribution in [2.75, 3.05) is 6.54 Å². The summed E-state index contributed by atoms with van der Waals surface area (Å²) in [5.74, 6) is -1.70. The molecule has 4 aromatic rings. The minimum absolute atomic E-state index is 0.0677. The number of rotatable bonds is 10. The molecule has 0 saturated carbocycles. The van der Waals surface area contributed by atoms with E-state index >= 15 is 0 Å². The van der Waals surface area contributed by atoms with Gasteiger partial charge in [-0.25, -0.2) is 0 Å². The zero-order valence-electron chi connectivity index (χ0n) is 22.6. The van der Waals surface area contributed by atoms with Crippen LogP contribution in [0, 0.1) is 5.92 Å². The summed E-state index contributed by atoms with van der Waals surface area (Å²) in [5, 5.41) is 11.0. The molecule has 0 fully saturated rings. The number of imide groups is 1. The molecule has 1 heterocycles. The molecule has 1 aliphatic heterocycles. The van der Waals surface area contributed by atoms with Gasteiger partial charge in [0.2, 0.25) is 0 Å². The highest BCUT2D eigenvalue weighted by atomic mass is 16.3. The van der Waals surface area contributed by atoms with Crippen molar-refractivity contribution in [1.29, 1.82) is 0 Å². The van der Waals surface area contributed by atoms with Crippen molar-refractivity contribution in [3.05, 3.63) is 112 Å². The molecule has 202 valence electrons. The number of benzene rings is 4. The van der Waals surface area contributed by atoms with E-state index in [9.17, 15) is 24.3 Å². The van der Waals surface area contributed by atoms with Gasteiger partial charge in [0, 0.05) is 45.1 Å². The number of para-hydroxylation sites is 1. The van der Waals surface area contributed by atoms with E-state index in [1.54, 1.807) is 60.7 Å². The average Bonchev–Trinajstić information content (AvgIpc) is 2.99. The second-order valence-corrected chi connectivity index (χ2v) is 10.3. The monoisotopic (exact) mass is 533 g/mol. The number of carbonyl (C=O) groups excluding carboxylic acids is 4. The summed E-state index contributed by atoms with van der Waals surface area (Å²) in [5.41, 5.74) is 1.41. The van der Waals surface area contributed by atoms with Crippen molar-refractivity contribution >= 4 is 34.2 Å². The fraction of sp³-hybridized carbons (Fsp3) is 0.235. The van der Waals surface area contributed by atoms with E-state index in [1.165, 1.54) is 23.1 Å². The van der Waals surface area contributed by atoms with Crippen LogP contribution < -0.4 is 0 Å². The lowest BCUT2D eigenvalue weighted by Crippen LogP contribution is -2.43. The maximum atomic E-state index is 13.8. The molecule has 1 atom stereocenters. The zero-order valence-corrected chi connectivity index (χ0v) is 22.6. The molecule has 0 bridgehead atoms. The third kappa shape index (κ3) is 4.70. The predicted molar refractivity (Wildman–Crippen MR) is 154 cm³/mol. The van der Waals surface area contributed by atoms with Crippen LogP contribution in [-0.2, 0) is 0 Å². The van der Waals surface area contributed by atoms with Gasteiger partial charge < -0.3 is 5.11 Å². The zero-order chi connectivity index (χ0) is 28.4. The summed E-state index contributed by atoms with van der Waals surface area (Å²) in [6.45, 7) is 4.49. The molecule has 40 heavy (non-hydrogen) atoms. The average molecular weight is 534 g/mol. The summed E-state index contributed by atoms with van der Waals surface area (Å²) in [6.07, 6.45) is 3.82. The van der Waals surface area contributed by atoms with Crippen LogP contribution in [0.3, 0.4) is 0 Å². The normalized spacial score (nSPS) is 13.5.